The molecule has 0 N–H and O–H groups in total. The van der Waals surface area contributed by atoms with E-state index in [0.717, 1.165) is 5.76 Å². The zero-order chi connectivity index (χ0) is 14.4. The number of furan rings is 1. The Morgan fingerprint density at radius 1 is 0.900 bits per heavy atom. The van der Waals surface area contributed by atoms with E-state index in [9.17, 15) is 0 Å². The molecule has 0 bridgehead atoms. The molecule has 1 heteroatoms. The fraction of sp³-hybridized carbons (Fsp3) is 0.474. The second-order valence-electron chi connectivity index (χ2n) is 5.66. The van der Waals surface area contributed by atoms with Gasteiger partial charge in [-0.25, -0.2) is 0 Å². The lowest BCUT2D eigenvalue weighted by Gasteiger charge is -2.12. The molecule has 0 fully saturated rings. The molecular weight excluding hydrogens is 244 g/mol. The lowest BCUT2D eigenvalue weighted by Crippen LogP contribution is -1.95. The van der Waals surface area contributed by atoms with E-state index in [4.69, 9.17) is 4.42 Å². The van der Waals surface area contributed by atoms with Crippen molar-refractivity contribution in [2.75, 3.05) is 0 Å². The number of hydrogen-bond acceptors (Lipinski definition) is 1. The van der Waals surface area contributed by atoms with Crippen molar-refractivity contribution >= 4 is 0 Å². The van der Waals surface area contributed by atoms with Gasteiger partial charge in [0.25, 0.3) is 0 Å². The first kappa shape index (κ1) is 14.9. The van der Waals surface area contributed by atoms with Gasteiger partial charge in [-0.2, -0.15) is 0 Å². The molecule has 0 saturated carbocycles. The van der Waals surface area contributed by atoms with Crippen LogP contribution in [0, 0.1) is 13.8 Å². The highest BCUT2D eigenvalue weighted by molar-refractivity contribution is 5.64. The quantitative estimate of drug-likeness (QED) is 0.556. The molecule has 0 aliphatic carbocycles. The first-order valence-corrected chi connectivity index (χ1v) is 7.87. The van der Waals surface area contributed by atoms with Crippen molar-refractivity contribution in [3.8, 4) is 11.3 Å². The van der Waals surface area contributed by atoms with E-state index in [1.165, 1.54) is 60.8 Å². The number of aryl methyl sites for hydroxylation is 1. The van der Waals surface area contributed by atoms with Gasteiger partial charge in [-0.15, -0.1) is 0 Å². The van der Waals surface area contributed by atoms with Gasteiger partial charge in [0.1, 0.15) is 5.76 Å². The van der Waals surface area contributed by atoms with Crippen molar-refractivity contribution < 1.29 is 4.42 Å². The summed E-state index contributed by atoms with van der Waals surface area (Å²) >= 11 is 0. The third-order valence-electron chi connectivity index (χ3n) is 4.24. The van der Waals surface area contributed by atoms with Crippen molar-refractivity contribution in [2.24, 2.45) is 0 Å². The lowest BCUT2D eigenvalue weighted by atomic mass is 9.93. The zero-order valence-corrected chi connectivity index (χ0v) is 13.0. The predicted molar refractivity (Wildman–Crippen MR) is 86.1 cm³/mol. The average Bonchev–Trinajstić information content (AvgIpc) is 2.97. The fourth-order valence-electron chi connectivity index (χ4n) is 2.77. The summed E-state index contributed by atoms with van der Waals surface area (Å²) in [4.78, 5) is 0. The van der Waals surface area contributed by atoms with Crippen LogP contribution in [0.3, 0.4) is 0 Å². The molecule has 1 nitrogen and oxygen atoms in total. The van der Waals surface area contributed by atoms with E-state index in [0.29, 0.717) is 0 Å². The number of unbranched alkanes of at least 4 members (excludes halogenated alkanes) is 4. The highest BCUT2D eigenvalue weighted by Crippen LogP contribution is 2.28. The Morgan fingerprint density at radius 3 is 2.40 bits per heavy atom. The molecule has 1 heterocycles. The SMILES string of the molecule is CCCCCCCc1ccc(-c2ccco2)c(C)c1C. The Morgan fingerprint density at radius 2 is 1.70 bits per heavy atom. The van der Waals surface area contributed by atoms with Gasteiger partial charge in [-0.1, -0.05) is 44.7 Å². The maximum absolute atomic E-state index is 5.52. The summed E-state index contributed by atoms with van der Waals surface area (Å²) in [6.45, 7) is 6.71. The van der Waals surface area contributed by atoms with Crippen LogP contribution in [0.1, 0.15) is 55.7 Å². The Balaban J connectivity index is 2.03. The van der Waals surface area contributed by atoms with Crippen LogP contribution in [-0.2, 0) is 6.42 Å². The maximum Gasteiger partial charge on any atom is 0.134 e. The molecule has 1 aromatic heterocycles. The van der Waals surface area contributed by atoms with Crippen molar-refractivity contribution in [1.82, 2.24) is 0 Å². The number of hydrogen-bond donors (Lipinski definition) is 0. The molecule has 0 atom stereocenters. The highest BCUT2D eigenvalue weighted by Gasteiger charge is 2.09. The summed E-state index contributed by atoms with van der Waals surface area (Å²) in [6.07, 6.45) is 9.66. The van der Waals surface area contributed by atoms with Gasteiger partial charge in [0.15, 0.2) is 0 Å². The molecular formula is C19H26O. The summed E-state index contributed by atoms with van der Waals surface area (Å²) in [5.41, 5.74) is 5.50. The molecule has 108 valence electrons. The zero-order valence-electron chi connectivity index (χ0n) is 13.0. The van der Waals surface area contributed by atoms with Gasteiger partial charge in [0, 0.05) is 5.56 Å². The van der Waals surface area contributed by atoms with E-state index in [1.807, 2.05) is 12.1 Å². The van der Waals surface area contributed by atoms with Gasteiger partial charge >= 0.3 is 0 Å². The molecule has 0 spiro atoms. The maximum atomic E-state index is 5.52. The molecule has 1 aromatic carbocycles. The topological polar surface area (TPSA) is 13.1 Å². The normalized spacial score (nSPS) is 10.9. The van der Waals surface area contributed by atoms with E-state index in [2.05, 4.69) is 32.9 Å². The van der Waals surface area contributed by atoms with Gasteiger partial charge in [0.05, 0.1) is 6.26 Å². The predicted octanol–water partition coefficient (Wildman–Crippen LogP) is 6.08. The number of benzene rings is 1. The third-order valence-corrected chi connectivity index (χ3v) is 4.24. The summed E-state index contributed by atoms with van der Waals surface area (Å²) in [6, 6.07) is 8.47. The molecule has 0 aliphatic heterocycles. The Hall–Kier alpha value is -1.50. The van der Waals surface area contributed by atoms with E-state index in [1.54, 1.807) is 6.26 Å². The highest BCUT2D eigenvalue weighted by atomic mass is 16.3. The first-order chi connectivity index (χ1) is 9.74. The van der Waals surface area contributed by atoms with Crippen molar-refractivity contribution in [3.05, 3.63) is 47.2 Å². The van der Waals surface area contributed by atoms with Crippen molar-refractivity contribution in [1.29, 1.82) is 0 Å². The van der Waals surface area contributed by atoms with Gasteiger partial charge in [-0.3, -0.25) is 0 Å². The molecule has 20 heavy (non-hydrogen) atoms. The minimum Gasteiger partial charge on any atom is -0.464 e. The van der Waals surface area contributed by atoms with Crippen LogP contribution in [0.15, 0.2) is 34.9 Å². The van der Waals surface area contributed by atoms with Crippen LogP contribution in [0.25, 0.3) is 11.3 Å². The van der Waals surface area contributed by atoms with E-state index in [-0.39, 0.29) is 0 Å². The van der Waals surface area contributed by atoms with Crippen LogP contribution in [-0.4, -0.2) is 0 Å². The van der Waals surface area contributed by atoms with Crippen LogP contribution < -0.4 is 0 Å². The Bertz CT molecular complexity index is 523. The second kappa shape index (κ2) is 7.33. The summed E-state index contributed by atoms with van der Waals surface area (Å²) in [7, 11) is 0. The van der Waals surface area contributed by atoms with Crippen LogP contribution in [0.2, 0.25) is 0 Å². The molecule has 2 aromatic rings. The van der Waals surface area contributed by atoms with Crippen LogP contribution in [0.4, 0.5) is 0 Å². The largest absolute Gasteiger partial charge is 0.464 e. The minimum atomic E-state index is 0.972. The van der Waals surface area contributed by atoms with E-state index >= 15 is 0 Å². The number of rotatable bonds is 7. The summed E-state index contributed by atoms with van der Waals surface area (Å²) in [5, 5.41) is 0. The van der Waals surface area contributed by atoms with Gasteiger partial charge in [0.2, 0.25) is 0 Å². The monoisotopic (exact) mass is 270 g/mol. The first-order valence-electron chi connectivity index (χ1n) is 7.87. The Labute approximate surface area is 123 Å². The summed E-state index contributed by atoms with van der Waals surface area (Å²) < 4.78 is 5.52. The molecule has 0 aliphatic rings. The standard InChI is InChI=1S/C19H26O/c1-4-5-6-7-8-10-17-12-13-18(16(3)15(17)2)19-11-9-14-20-19/h9,11-14H,4-8,10H2,1-3H3. The summed E-state index contributed by atoms with van der Waals surface area (Å²) in [5.74, 6) is 0.972. The van der Waals surface area contributed by atoms with Crippen LogP contribution >= 0.6 is 0 Å². The smallest absolute Gasteiger partial charge is 0.134 e. The van der Waals surface area contributed by atoms with Crippen molar-refractivity contribution in [2.45, 2.75) is 59.3 Å². The van der Waals surface area contributed by atoms with Crippen LogP contribution in [0.5, 0.6) is 0 Å². The van der Waals surface area contributed by atoms with E-state index < -0.39 is 0 Å². The molecule has 0 unspecified atom stereocenters. The van der Waals surface area contributed by atoms with Crippen molar-refractivity contribution in [3.63, 3.8) is 0 Å². The molecule has 0 saturated heterocycles. The third kappa shape index (κ3) is 3.53. The second-order valence-corrected chi connectivity index (χ2v) is 5.66. The average molecular weight is 270 g/mol. The van der Waals surface area contributed by atoms with Gasteiger partial charge < -0.3 is 4.42 Å². The molecule has 0 amide bonds. The van der Waals surface area contributed by atoms with Gasteiger partial charge in [-0.05, 0) is 55.5 Å². The Kier molecular flexibility index (Phi) is 5.46. The fourth-order valence-corrected chi connectivity index (χ4v) is 2.77. The lowest BCUT2D eigenvalue weighted by molar-refractivity contribution is 0.582. The molecule has 0 radical (unpaired) electrons. The molecule has 2 rings (SSSR count). The minimum absolute atomic E-state index is 0.972.